The van der Waals surface area contributed by atoms with E-state index in [1.807, 2.05) is 18.2 Å². The Bertz CT molecular complexity index is 1370. The SMILES string of the molecule is COc1cc(Nc2c(C#N)cnc3cc(-c4ccc(CNCCO)cc4)ccc23)c(Cl)cc1Cl. The number of methoxy groups -OCH3 is 1. The standard InChI is InChI=1S/C26H22Cl2N4O2/c1-34-25-12-24(21(27)11-22(25)28)32-26-19(13-29)15-31-23-10-18(6-7-20(23)26)17-4-2-16(3-5-17)14-30-8-9-33/h2-7,10-12,15,30,33H,8-9,14H2,1H3,(H,31,32). The number of hydrogen-bond acceptors (Lipinski definition) is 6. The number of pyridine rings is 1. The summed E-state index contributed by atoms with van der Waals surface area (Å²) in [4.78, 5) is 4.50. The summed E-state index contributed by atoms with van der Waals surface area (Å²) in [6.45, 7) is 1.38. The van der Waals surface area contributed by atoms with Gasteiger partial charge >= 0.3 is 0 Å². The van der Waals surface area contributed by atoms with Gasteiger partial charge in [0, 0.05) is 30.7 Å². The van der Waals surface area contributed by atoms with E-state index >= 15 is 0 Å². The molecule has 0 bridgehead atoms. The maximum Gasteiger partial charge on any atom is 0.139 e. The quantitative estimate of drug-likeness (QED) is 0.264. The number of rotatable bonds is 8. The van der Waals surface area contributed by atoms with E-state index in [4.69, 9.17) is 33.0 Å². The summed E-state index contributed by atoms with van der Waals surface area (Å²) < 4.78 is 5.30. The molecule has 0 radical (unpaired) electrons. The van der Waals surface area contributed by atoms with E-state index in [2.05, 4.69) is 46.0 Å². The van der Waals surface area contributed by atoms with Crippen molar-refractivity contribution in [3.63, 3.8) is 0 Å². The van der Waals surface area contributed by atoms with Gasteiger partial charge in [-0.3, -0.25) is 4.98 Å². The smallest absolute Gasteiger partial charge is 0.139 e. The van der Waals surface area contributed by atoms with Gasteiger partial charge in [0.25, 0.3) is 0 Å². The molecule has 0 unspecified atom stereocenters. The average Bonchev–Trinajstić information content (AvgIpc) is 2.86. The molecule has 1 heterocycles. The summed E-state index contributed by atoms with van der Waals surface area (Å²) in [6, 6.07) is 19.6. The second kappa shape index (κ2) is 10.7. The van der Waals surface area contributed by atoms with Crippen LogP contribution in [0.4, 0.5) is 11.4 Å². The third-order valence-electron chi connectivity index (χ3n) is 5.40. The maximum absolute atomic E-state index is 9.68. The minimum absolute atomic E-state index is 0.115. The number of aromatic nitrogens is 1. The molecule has 0 aliphatic carbocycles. The van der Waals surface area contributed by atoms with Crippen molar-refractivity contribution in [2.24, 2.45) is 0 Å². The summed E-state index contributed by atoms with van der Waals surface area (Å²) in [6.07, 6.45) is 1.55. The summed E-state index contributed by atoms with van der Waals surface area (Å²) in [5.41, 5.74) is 5.51. The van der Waals surface area contributed by atoms with E-state index in [-0.39, 0.29) is 6.61 Å². The fraction of sp³-hybridized carbons (Fsp3) is 0.154. The van der Waals surface area contributed by atoms with Gasteiger partial charge in [0.1, 0.15) is 11.8 Å². The topological polar surface area (TPSA) is 90.2 Å². The van der Waals surface area contributed by atoms with Crippen molar-refractivity contribution in [3.8, 4) is 22.9 Å². The van der Waals surface area contributed by atoms with Crippen LogP contribution in [-0.2, 0) is 6.54 Å². The van der Waals surface area contributed by atoms with Crippen LogP contribution in [0.15, 0.2) is 60.8 Å². The monoisotopic (exact) mass is 492 g/mol. The molecule has 8 heteroatoms. The summed E-state index contributed by atoms with van der Waals surface area (Å²) in [5.74, 6) is 0.475. The minimum atomic E-state index is 0.115. The molecule has 0 aliphatic rings. The lowest BCUT2D eigenvalue weighted by atomic mass is 10.0. The van der Waals surface area contributed by atoms with E-state index in [0.29, 0.717) is 45.8 Å². The molecular weight excluding hydrogens is 471 g/mol. The number of hydrogen-bond donors (Lipinski definition) is 3. The third-order valence-corrected chi connectivity index (χ3v) is 6.00. The molecule has 0 atom stereocenters. The molecule has 34 heavy (non-hydrogen) atoms. The molecule has 0 fully saturated rings. The Morgan fingerprint density at radius 1 is 1.03 bits per heavy atom. The van der Waals surface area contributed by atoms with Crippen LogP contribution >= 0.6 is 23.2 Å². The van der Waals surface area contributed by atoms with Gasteiger partial charge < -0.3 is 20.5 Å². The van der Waals surface area contributed by atoms with Crippen LogP contribution in [0.3, 0.4) is 0 Å². The molecule has 4 aromatic rings. The number of aliphatic hydroxyl groups excluding tert-OH is 1. The minimum Gasteiger partial charge on any atom is -0.495 e. The van der Waals surface area contributed by atoms with E-state index in [1.54, 1.807) is 18.3 Å². The predicted molar refractivity (Wildman–Crippen MR) is 137 cm³/mol. The fourth-order valence-corrected chi connectivity index (χ4v) is 4.14. The molecule has 0 amide bonds. The average molecular weight is 493 g/mol. The largest absolute Gasteiger partial charge is 0.495 e. The molecular formula is C26H22Cl2N4O2. The molecule has 4 rings (SSSR count). The van der Waals surface area contributed by atoms with Crippen LogP contribution in [0, 0.1) is 11.3 Å². The zero-order chi connectivity index (χ0) is 24.1. The van der Waals surface area contributed by atoms with Crippen LogP contribution in [0.1, 0.15) is 11.1 Å². The normalized spacial score (nSPS) is 10.8. The lowest BCUT2D eigenvalue weighted by Crippen LogP contribution is -2.17. The molecule has 3 N–H and O–H groups in total. The first kappa shape index (κ1) is 23.8. The maximum atomic E-state index is 9.68. The van der Waals surface area contributed by atoms with E-state index in [0.717, 1.165) is 27.6 Å². The number of anilines is 2. The Morgan fingerprint density at radius 3 is 2.50 bits per heavy atom. The van der Waals surface area contributed by atoms with Crippen LogP contribution in [0.5, 0.6) is 5.75 Å². The van der Waals surface area contributed by atoms with E-state index < -0.39 is 0 Å². The number of ether oxygens (including phenoxy) is 1. The summed E-state index contributed by atoms with van der Waals surface area (Å²) >= 11 is 12.6. The zero-order valence-corrected chi connectivity index (χ0v) is 19.9. The molecule has 6 nitrogen and oxygen atoms in total. The number of halogens is 2. The highest BCUT2D eigenvalue weighted by Crippen LogP contribution is 2.38. The Labute approximate surface area is 207 Å². The van der Waals surface area contributed by atoms with Crippen molar-refractivity contribution in [2.75, 3.05) is 25.6 Å². The van der Waals surface area contributed by atoms with Crippen LogP contribution in [0.25, 0.3) is 22.0 Å². The van der Waals surface area contributed by atoms with Crippen LogP contribution in [0.2, 0.25) is 10.0 Å². The Hall–Kier alpha value is -3.34. The number of nitriles is 1. The van der Waals surface area contributed by atoms with Crippen molar-refractivity contribution < 1.29 is 9.84 Å². The van der Waals surface area contributed by atoms with Gasteiger partial charge in [0.05, 0.1) is 46.2 Å². The van der Waals surface area contributed by atoms with Gasteiger partial charge in [0.15, 0.2) is 0 Å². The number of nitrogens with zero attached hydrogens (tertiary/aromatic N) is 2. The van der Waals surface area contributed by atoms with E-state index in [1.165, 1.54) is 7.11 Å². The van der Waals surface area contributed by atoms with Crippen molar-refractivity contribution >= 4 is 45.5 Å². The second-order valence-corrected chi connectivity index (χ2v) is 8.39. The van der Waals surface area contributed by atoms with Gasteiger partial charge in [-0.25, -0.2) is 0 Å². The third kappa shape index (κ3) is 5.09. The Balaban J connectivity index is 1.69. The first-order chi connectivity index (χ1) is 16.5. The number of fused-ring (bicyclic) bond motifs is 1. The fourth-order valence-electron chi connectivity index (χ4n) is 3.64. The van der Waals surface area contributed by atoms with Crippen molar-refractivity contribution in [1.82, 2.24) is 10.3 Å². The first-order valence-corrected chi connectivity index (χ1v) is 11.3. The Kier molecular flexibility index (Phi) is 7.51. The highest BCUT2D eigenvalue weighted by atomic mass is 35.5. The zero-order valence-electron chi connectivity index (χ0n) is 18.4. The van der Waals surface area contributed by atoms with Crippen LogP contribution in [-0.4, -0.2) is 30.4 Å². The molecule has 3 aromatic carbocycles. The highest BCUT2D eigenvalue weighted by molar-refractivity contribution is 6.37. The van der Waals surface area contributed by atoms with Gasteiger partial charge in [-0.1, -0.05) is 59.6 Å². The molecule has 0 spiro atoms. The van der Waals surface area contributed by atoms with Gasteiger partial charge in [-0.2, -0.15) is 5.26 Å². The van der Waals surface area contributed by atoms with Gasteiger partial charge in [0.2, 0.25) is 0 Å². The second-order valence-electron chi connectivity index (χ2n) is 7.58. The predicted octanol–water partition coefficient (Wildman–Crippen LogP) is 5.91. The van der Waals surface area contributed by atoms with Gasteiger partial charge in [-0.05, 0) is 28.8 Å². The van der Waals surface area contributed by atoms with Gasteiger partial charge in [-0.15, -0.1) is 0 Å². The van der Waals surface area contributed by atoms with E-state index in [9.17, 15) is 5.26 Å². The molecule has 0 saturated carbocycles. The van der Waals surface area contributed by atoms with Crippen molar-refractivity contribution in [2.45, 2.75) is 6.54 Å². The van der Waals surface area contributed by atoms with Crippen LogP contribution < -0.4 is 15.4 Å². The number of aliphatic hydroxyl groups is 1. The lowest BCUT2D eigenvalue weighted by Gasteiger charge is -2.15. The first-order valence-electron chi connectivity index (χ1n) is 10.6. The molecule has 0 aliphatic heterocycles. The summed E-state index contributed by atoms with van der Waals surface area (Å²) in [5, 5.41) is 26.6. The van der Waals surface area contributed by atoms with Crippen molar-refractivity contribution in [1.29, 1.82) is 5.26 Å². The summed E-state index contributed by atoms with van der Waals surface area (Å²) in [7, 11) is 1.53. The number of nitrogens with one attached hydrogen (secondary N) is 2. The lowest BCUT2D eigenvalue weighted by molar-refractivity contribution is 0.292. The molecule has 0 saturated heterocycles. The van der Waals surface area contributed by atoms with Crippen molar-refractivity contribution in [3.05, 3.63) is 82.0 Å². The highest BCUT2D eigenvalue weighted by Gasteiger charge is 2.14. The Morgan fingerprint density at radius 2 is 1.79 bits per heavy atom. The number of benzene rings is 3. The molecule has 1 aromatic heterocycles. The molecule has 172 valence electrons.